The molecule has 2 aromatic carbocycles. The lowest BCUT2D eigenvalue weighted by Crippen LogP contribution is -2.05. The summed E-state index contributed by atoms with van der Waals surface area (Å²) in [5.41, 5.74) is 11.0. The van der Waals surface area contributed by atoms with E-state index >= 15 is 0 Å². The van der Waals surface area contributed by atoms with E-state index in [2.05, 4.69) is 48.4 Å². The lowest BCUT2D eigenvalue weighted by atomic mass is 9.97. The summed E-state index contributed by atoms with van der Waals surface area (Å²) in [6, 6.07) is 12.3. The Hall–Kier alpha value is -2.66. The minimum Gasteiger partial charge on any atom is -0.497 e. The van der Waals surface area contributed by atoms with Gasteiger partial charge in [-0.15, -0.1) is 11.3 Å². The summed E-state index contributed by atoms with van der Waals surface area (Å²) in [4.78, 5) is 4.62. The number of hydrogen-bond donors (Lipinski definition) is 1. The number of aromatic nitrogens is 1. The number of ether oxygens (including phenoxy) is 1. The molecule has 0 aliphatic carbocycles. The summed E-state index contributed by atoms with van der Waals surface area (Å²) in [6.07, 6.45) is 0. The SMILES string of the molecule is COc1ccc(-c2csc(N/N=C(\C)c3c(C)cc(C)cc3C)n2)cc1. The number of methoxy groups -OCH3 is 1. The Kier molecular flexibility index (Phi) is 5.38. The van der Waals surface area contributed by atoms with Gasteiger partial charge in [-0.2, -0.15) is 5.10 Å². The number of anilines is 1. The summed E-state index contributed by atoms with van der Waals surface area (Å²) in [5, 5.41) is 7.35. The molecule has 0 aliphatic rings. The molecule has 3 rings (SSSR count). The van der Waals surface area contributed by atoms with Gasteiger partial charge < -0.3 is 4.74 Å². The predicted molar refractivity (Wildman–Crippen MR) is 111 cm³/mol. The van der Waals surface area contributed by atoms with Gasteiger partial charge in [0.05, 0.1) is 18.5 Å². The van der Waals surface area contributed by atoms with Crippen molar-refractivity contribution < 1.29 is 4.74 Å². The van der Waals surface area contributed by atoms with E-state index in [1.165, 1.54) is 22.3 Å². The molecule has 0 aliphatic heterocycles. The Morgan fingerprint density at radius 1 is 1.08 bits per heavy atom. The molecule has 134 valence electrons. The molecule has 1 N–H and O–H groups in total. The first-order valence-corrected chi connectivity index (χ1v) is 9.34. The Morgan fingerprint density at radius 2 is 1.73 bits per heavy atom. The maximum absolute atomic E-state index is 5.20. The van der Waals surface area contributed by atoms with Crippen molar-refractivity contribution >= 4 is 22.2 Å². The molecule has 0 bridgehead atoms. The molecule has 0 saturated heterocycles. The van der Waals surface area contributed by atoms with Crippen LogP contribution in [-0.4, -0.2) is 17.8 Å². The van der Waals surface area contributed by atoms with E-state index in [1.807, 2.05) is 36.6 Å². The highest BCUT2D eigenvalue weighted by Gasteiger charge is 2.08. The summed E-state index contributed by atoms with van der Waals surface area (Å²) >= 11 is 1.54. The second-order valence-electron chi connectivity index (χ2n) is 6.35. The van der Waals surface area contributed by atoms with E-state index in [0.717, 1.165) is 27.9 Å². The van der Waals surface area contributed by atoms with Crippen molar-refractivity contribution in [2.45, 2.75) is 27.7 Å². The van der Waals surface area contributed by atoms with Crippen LogP contribution in [0.15, 0.2) is 46.9 Å². The van der Waals surface area contributed by atoms with Crippen LogP contribution in [0.25, 0.3) is 11.3 Å². The number of hydrogen-bond acceptors (Lipinski definition) is 5. The Labute approximate surface area is 158 Å². The molecule has 0 atom stereocenters. The molecule has 5 heteroatoms. The molecule has 1 aromatic heterocycles. The van der Waals surface area contributed by atoms with Crippen LogP contribution in [0.5, 0.6) is 5.75 Å². The minimum atomic E-state index is 0.776. The Balaban J connectivity index is 1.77. The van der Waals surface area contributed by atoms with E-state index in [-0.39, 0.29) is 0 Å². The van der Waals surface area contributed by atoms with Crippen molar-refractivity contribution in [2.75, 3.05) is 12.5 Å². The number of thiazole rings is 1. The molecule has 0 amide bonds. The van der Waals surface area contributed by atoms with Crippen LogP contribution in [0.4, 0.5) is 5.13 Å². The summed E-state index contributed by atoms with van der Waals surface area (Å²) in [5.74, 6) is 0.839. The van der Waals surface area contributed by atoms with E-state index in [1.54, 1.807) is 18.4 Å². The smallest absolute Gasteiger partial charge is 0.203 e. The lowest BCUT2D eigenvalue weighted by molar-refractivity contribution is 0.415. The number of aryl methyl sites for hydroxylation is 3. The zero-order valence-corrected chi connectivity index (χ0v) is 16.6. The van der Waals surface area contributed by atoms with Crippen LogP contribution in [0, 0.1) is 20.8 Å². The second kappa shape index (κ2) is 7.70. The molecule has 0 saturated carbocycles. The summed E-state index contributed by atoms with van der Waals surface area (Å²) in [7, 11) is 1.66. The molecular formula is C21H23N3OS. The largest absolute Gasteiger partial charge is 0.497 e. The maximum Gasteiger partial charge on any atom is 0.203 e. The number of benzene rings is 2. The van der Waals surface area contributed by atoms with E-state index in [0.29, 0.717) is 0 Å². The molecule has 0 fully saturated rings. The van der Waals surface area contributed by atoms with Crippen molar-refractivity contribution in [1.29, 1.82) is 0 Å². The molecule has 26 heavy (non-hydrogen) atoms. The Bertz CT molecular complexity index is 919. The maximum atomic E-state index is 5.20. The zero-order chi connectivity index (χ0) is 18.7. The molecule has 1 heterocycles. The fourth-order valence-electron chi connectivity index (χ4n) is 3.16. The van der Waals surface area contributed by atoms with Crippen molar-refractivity contribution in [3.05, 3.63) is 64.0 Å². The topological polar surface area (TPSA) is 46.5 Å². The quantitative estimate of drug-likeness (QED) is 0.474. The van der Waals surface area contributed by atoms with Crippen molar-refractivity contribution in [2.24, 2.45) is 5.10 Å². The molecule has 3 aromatic rings. The van der Waals surface area contributed by atoms with Gasteiger partial charge in [0.25, 0.3) is 0 Å². The first-order chi connectivity index (χ1) is 12.5. The Morgan fingerprint density at radius 3 is 2.35 bits per heavy atom. The average molecular weight is 366 g/mol. The highest BCUT2D eigenvalue weighted by atomic mass is 32.1. The summed E-state index contributed by atoms with van der Waals surface area (Å²) in [6.45, 7) is 8.39. The number of nitrogens with one attached hydrogen (secondary N) is 1. The van der Waals surface area contributed by atoms with Gasteiger partial charge in [0.1, 0.15) is 5.75 Å². The average Bonchev–Trinajstić information content (AvgIpc) is 3.08. The number of hydrazone groups is 1. The summed E-state index contributed by atoms with van der Waals surface area (Å²) < 4.78 is 5.20. The first-order valence-electron chi connectivity index (χ1n) is 8.46. The normalized spacial score (nSPS) is 11.5. The standard InChI is InChI=1S/C21H23N3OS/c1-13-10-14(2)20(15(3)11-13)16(4)23-24-21-22-19(12-26-21)17-6-8-18(25-5)9-7-17/h6-12H,1-5H3,(H,22,24)/b23-16+. The van der Waals surface area contributed by atoms with Crippen LogP contribution in [0.2, 0.25) is 0 Å². The highest BCUT2D eigenvalue weighted by Crippen LogP contribution is 2.26. The second-order valence-corrected chi connectivity index (χ2v) is 7.21. The van der Waals surface area contributed by atoms with Crippen LogP contribution >= 0.6 is 11.3 Å². The minimum absolute atomic E-state index is 0.776. The van der Waals surface area contributed by atoms with Crippen molar-refractivity contribution in [3.63, 3.8) is 0 Å². The van der Waals surface area contributed by atoms with Gasteiger partial charge in [0, 0.05) is 16.5 Å². The van der Waals surface area contributed by atoms with Crippen LogP contribution in [-0.2, 0) is 0 Å². The van der Waals surface area contributed by atoms with Gasteiger partial charge in [-0.05, 0) is 63.1 Å². The van der Waals surface area contributed by atoms with Gasteiger partial charge in [-0.3, -0.25) is 5.43 Å². The monoisotopic (exact) mass is 365 g/mol. The third-order valence-electron chi connectivity index (χ3n) is 4.25. The van der Waals surface area contributed by atoms with E-state index in [4.69, 9.17) is 4.74 Å². The fraction of sp³-hybridized carbons (Fsp3) is 0.238. The van der Waals surface area contributed by atoms with Crippen LogP contribution in [0.3, 0.4) is 0 Å². The van der Waals surface area contributed by atoms with E-state index < -0.39 is 0 Å². The van der Waals surface area contributed by atoms with Gasteiger partial charge in [0.2, 0.25) is 5.13 Å². The van der Waals surface area contributed by atoms with Gasteiger partial charge in [-0.1, -0.05) is 17.7 Å². The zero-order valence-electron chi connectivity index (χ0n) is 15.8. The highest BCUT2D eigenvalue weighted by molar-refractivity contribution is 7.14. The molecule has 4 nitrogen and oxygen atoms in total. The molecular weight excluding hydrogens is 342 g/mol. The number of nitrogens with zero attached hydrogens (tertiary/aromatic N) is 2. The van der Waals surface area contributed by atoms with Crippen LogP contribution in [0.1, 0.15) is 29.2 Å². The van der Waals surface area contributed by atoms with Crippen LogP contribution < -0.4 is 10.2 Å². The number of rotatable bonds is 5. The molecule has 0 radical (unpaired) electrons. The third kappa shape index (κ3) is 3.94. The predicted octanol–water partition coefficient (Wildman–Crippen LogP) is 5.58. The lowest BCUT2D eigenvalue weighted by Gasteiger charge is -2.11. The fourth-order valence-corrected chi connectivity index (χ4v) is 3.82. The van der Waals surface area contributed by atoms with Gasteiger partial charge in [-0.25, -0.2) is 4.98 Å². The first kappa shape index (κ1) is 18.1. The van der Waals surface area contributed by atoms with E-state index in [9.17, 15) is 0 Å². The third-order valence-corrected chi connectivity index (χ3v) is 4.99. The van der Waals surface area contributed by atoms with Crippen molar-refractivity contribution in [3.8, 4) is 17.0 Å². The molecule has 0 unspecified atom stereocenters. The van der Waals surface area contributed by atoms with Gasteiger partial charge in [0.15, 0.2) is 0 Å². The van der Waals surface area contributed by atoms with Crippen molar-refractivity contribution in [1.82, 2.24) is 4.98 Å². The van der Waals surface area contributed by atoms with Gasteiger partial charge >= 0.3 is 0 Å². The molecule has 0 spiro atoms.